The van der Waals surface area contributed by atoms with Crippen LogP contribution in [0, 0.1) is 11.3 Å². The Hall–Kier alpha value is -0.0400. The lowest BCUT2D eigenvalue weighted by molar-refractivity contribution is 0.197. The monoisotopic (exact) mass is 197 g/mol. The Morgan fingerprint density at radius 2 is 1.50 bits per heavy atom. The summed E-state index contributed by atoms with van der Waals surface area (Å²) in [6.45, 7) is 7.09. The van der Waals surface area contributed by atoms with Crippen LogP contribution in [-0.2, 0) is 0 Å². The van der Waals surface area contributed by atoms with Gasteiger partial charge in [-0.05, 0) is 30.6 Å². The van der Waals surface area contributed by atoms with Crippen LogP contribution in [0.1, 0.15) is 65.7 Å². The van der Waals surface area contributed by atoms with E-state index in [4.69, 9.17) is 5.73 Å². The van der Waals surface area contributed by atoms with Crippen molar-refractivity contribution in [1.29, 1.82) is 0 Å². The highest BCUT2D eigenvalue weighted by Crippen LogP contribution is 2.35. The van der Waals surface area contributed by atoms with E-state index in [-0.39, 0.29) is 0 Å². The van der Waals surface area contributed by atoms with Gasteiger partial charge in [0.15, 0.2) is 0 Å². The fourth-order valence-electron chi connectivity index (χ4n) is 2.54. The average molecular weight is 197 g/mol. The van der Waals surface area contributed by atoms with Crippen LogP contribution >= 0.6 is 0 Å². The average Bonchev–Trinajstić information content (AvgIpc) is 2.15. The second kappa shape index (κ2) is 5.16. The molecule has 1 saturated carbocycles. The van der Waals surface area contributed by atoms with Crippen LogP contribution in [0.2, 0.25) is 0 Å². The zero-order valence-electron chi connectivity index (χ0n) is 10.2. The molecule has 1 aliphatic carbocycles. The maximum atomic E-state index is 6.16. The SMILES string of the molecule is CC(C)(C)C1CCCCCCC(N)C1. The first-order valence-electron chi connectivity index (χ1n) is 6.26. The second-order valence-electron chi connectivity index (χ2n) is 6.05. The van der Waals surface area contributed by atoms with Crippen LogP contribution < -0.4 is 5.73 Å². The first-order valence-corrected chi connectivity index (χ1v) is 6.26. The van der Waals surface area contributed by atoms with Crippen LogP contribution in [0.15, 0.2) is 0 Å². The van der Waals surface area contributed by atoms with Crippen molar-refractivity contribution >= 4 is 0 Å². The lowest BCUT2D eigenvalue weighted by Crippen LogP contribution is -2.29. The molecular weight excluding hydrogens is 170 g/mol. The summed E-state index contributed by atoms with van der Waals surface area (Å²) < 4.78 is 0. The Bertz CT molecular complexity index is 157. The summed E-state index contributed by atoms with van der Waals surface area (Å²) >= 11 is 0. The van der Waals surface area contributed by atoms with E-state index in [0.29, 0.717) is 11.5 Å². The molecule has 1 nitrogen and oxygen atoms in total. The van der Waals surface area contributed by atoms with Gasteiger partial charge in [-0.3, -0.25) is 0 Å². The summed E-state index contributed by atoms with van der Waals surface area (Å²) in [4.78, 5) is 0. The molecule has 2 atom stereocenters. The molecule has 1 rings (SSSR count). The third-order valence-corrected chi connectivity index (χ3v) is 3.69. The minimum atomic E-state index is 0.446. The Balaban J connectivity index is 2.53. The van der Waals surface area contributed by atoms with E-state index >= 15 is 0 Å². The summed E-state index contributed by atoms with van der Waals surface area (Å²) in [6, 6.07) is 0.456. The van der Waals surface area contributed by atoms with E-state index in [9.17, 15) is 0 Å². The highest BCUT2D eigenvalue weighted by Gasteiger charge is 2.26. The smallest absolute Gasteiger partial charge is 0.00416 e. The molecule has 2 unspecified atom stereocenters. The predicted octanol–water partition coefficient (Wildman–Crippen LogP) is 3.72. The molecule has 84 valence electrons. The molecule has 0 spiro atoms. The molecule has 14 heavy (non-hydrogen) atoms. The lowest BCUT2D eigenvalue weighted by Gasteiger charge is -2.32. The minimum Gasteiger partial charge on any atom is -0.328 e. The summed E-state index contributed by atoms with van der Waals surface area (Å²) in [5.74, 6) is 0.829. The van der Waals surface area contributed by atoms with Gasteiger partial charge in [0.25, 0.3) is 0 Å². The van der Waals surface area contributed by atoms with E-state index in [2.05, 4.69) is 20.8 Å². The predicted molar refractivity (Wildman–Crippen MR) is 63.2 cm³/mol. The van der Waals surface area contributed by atoms with Gasteiger partial charge in [0.2, 0.25) is 0 Å². The van der Waals surface area contributed by atoms with E-state index in [1.165, 1.54) is 44.9 Å². The number of nitrogens with two attached hydrogens (primary N) is 1. The minimum absolute atomic E-state index is 0.446. The first-order chi connectivity index (χ1) is 6.50. The van der Waals surface area contributed by atoms with E-state index in [1.54, 1.807) is 0 Å². The molecule has 0 bridgehead atoms. The molecule has 2 N–H and O–H groups in total. The number of hydrogen-bond acceptors (Lipinski definition) is 1. The number of rotatable bonds is 0. The fraction of sp³-hybridized carbons (Fsp3) is 1.00. The zero-order valence-corrected chi connectivity index (χ0v) is 10.2. The van der Waals surface area contributed by atoms with Crippen LogP contribution in [0.4, 0.5) is 0 Å². The van der Waals surface area contributed by atoms with E-state index in [1.807, 2.05) is 0 Å². The van der Waals surface area contributed by atoms with Crippen molar-refractivity contribution in [3.8, 4) is 0 Å². The molecular formula is C13H27N. The largest absolute Gasteiger partial charge is 0.328 e. The molecule has 0 amide bonds. The highest BCUT2D eigenvalue weighted by molar-refractivity contribution is 4.79. The van der Waals surface area contributed by atoms with Crippen molar-refractivity contribution in [3.05, 3.63) is 0 Å². The number of hydrogen-bond donors (Lipinski definition) is 1. The zero-order chi connectivity index (χ0) is 10.6. The summed E-state index contributed by atoms with van der Waals surface area (Å²) in [6.07, 6.45) is 9.43. The van der Waals surface area contributed by atoms with Crippen LogP contribution in [0.5, 0.6) is 0 Å². The molecule has 0 aromatic rings. The van der Waals surface area contributed by atoms with Gasteiger partial charge in [0.1, 0.15) is 0 Å². The van der Waals surface area contributed by atoms with E-state index in [0.717, 1.165) is 5.92 Å². The van der Waals surface area contributed by atoms with Crippen LogP contribution in [0.3, 0.4) is 0 Å². The van der Waals surface area contributed by atoms with Crippen molar-refractivity contribution in [3.63, 3.8) is 0 Å². The van der Waals surface area contributed by atoms with Gasteiger partial charge >= 0.3 is 0 Å². The maximum absolute atomic E-state index is 6.16. The van der Waals surface area contributed by atoms with Gasteiger partial charge in [0.05, 0.1) is 0 Å². The van der Waals surface area contributed by atoms with Gasteiger partial charge in [-0.1, -0.05) is 46.5 Å². The molecule has 1 fully saturated rings. The van der Waals surface area contributed by atoms with E-state index < -0.39 is 0 Å². The molecule has 0 saturated heterocycles. The van der Waals surface area contributed by atoms with Gasteiger partial charge in [-0.2, -0.15) is 0 Å². The normalized spacial score (nSPS) is 31.7. The first kappa shape index (κ1) is 12.0. The molecule has 0 aliphatic heterocycles. The van der Waals surface area contributed by atoms with Crippen molar-refractivity contribution in [1.82, 2.24) is 0 Å². The third kappa shape index (κ3) is 4.00. The molecule has 0 heterocycles. The second-order valence-corrected chi connectivity index (χ2v) is 6.05. The van der Waals surface area contributed by atoms with Gasteiger partial charge < -0.3 is 5.73 Å². The standard InChI is InChI=1S/C13H27N/c1-13(2,3)11-8-6-4-5-7-9-12(14)10-11/h11-12H,4-10,14H2,1-3H3. The van der Waals surface area contributed by atoms with Crippen LogP contribution in [0.25, 0.3) is 0 Å². The van der Waals surface area contributed by atoms with Gasteiger partial charge in [-0.15, -0.1) is 0 Å². The van der Waals surface area contributed by atoms with Crippen molar-refractivity contribution in [2.24, 2.45) is 17.1 Å². The Morgan fingerprint density at radius 3 is 2.07 bits per heavy atom. The maximum Gasteiger partial charge on any atom is 0.00416 e. The van der Waals surface area contributed by atoms with Crippen molar-refractivity contribution in [2.45, 2.75) is 71.8 Å². The summed E-state index contributed by atoms with van der Waals surface area (Å²) in [5, 5.41) is 0. The molecule has 1 aliphatic rings. The van der Waals surface area contributed by atoms with Crippen LogP contribution in [-0.4, -0.2) is 6.04 Å². The van der Waals surface area contributed by atoms with Crippen molar-refractivity contribution in [2.75, 3.05) is 0 Å². The topological polar surface area (TPSA) is 26.0 Å². The Morgan fingerprint density at radius 1 is 0.929 bits per heavy atom. The molecule has 0 aromatic carbocycles. The van der Waals surface area contributed by atoms with Gasteiger partial charge in [-0.25, -0.2) is 0 Å². The third-order valence-electron chi connectivity index (χ3n) is 3.69. The van der Waals surface area contributed by atoms with Gasteiger partial charge in [0, 0.05) is 6.04 Å². The Labute approximate surface area is 89.5 Å². The highest BCUT2D eigenvalue weighted by atomic mass is 14.6. The molecule has 0 radical (unpaired) electrons. The molecule has 1 heteroatoms. The quantitative estimate of drug-likeness (QED) is 0.629. The lowest BCUT2D eigenvalue weighted by atomic mass is 9.74. The van der Waals surface area contributed by atoms with Crippen molar-refractivity contribution < 1.29 is 0 Å². The fourth-order valence-corrected chi connectivity index (χ4v) is 2.54. The summed E-state index contributed by atoms with van der Waals surface area (Å²) in [7, 11) is 0. The molecule has 0 aromatic heterocycles. The Kier molecular flexibility index (Phi) is 4.43. The summed E-state index contributed by atoms with van der Waals surface area (Å²) in [5.41, 5.74) is 6.61.